The third-order valence-electron chi connectivity index (χ3n) is 3.15. The maximum atomic E-state index is 11.7. The van der Waals surface area contributed by atoms with Gasteiger partial charge in [-0.15, -0.1) is 0 Å². The molecule has 1 aromatic rings. The molecular formula is C17H24N2O4. The number of hydrogen-bond donors (Lipinski definition) is 2. The molecule has 0 fully saturated rings. The van der Waals surface area contributed by atoms with Crippen molar-refractivity contribution in [3.63, 3.8) is 0 Å². The molecule has 0 aliphatic rings. The minimum Gasteiger partial charge on any atom is -0.381 e. The molecule has 0 radical (unpaired) electrons. The van der Waals surface area contributed by atoms with Crippen molar-refractivity contribution in [3.05, 3.63) is 29.8 Å². The summed E-state index contributed by atoms with van der Waals surface area (Å²) in [5, 5.41) is 5.02. The Labute approximate surface area is 136 Å². The van der Waals surface area contributed by atoms with Gasteiger partial charge in [0.15, 0.2) is 5.78 Å². The standard InChI is InChI=1S/C17H24N2O4/c1-3-4-11-23-12-5-10-18-16(21)17(22)19-15-8-6-14(7-9-15)13(2)20/h6-9H,3-5,10-12H2,1-2H3,(H,18,21)(H,19,22). The predicted octanol–water partition coefficient (Wildman–Crippen LogP) is 2.15. The lowest BCUT2D eigenvalue weighted by Gasteiger charge is -2.07. The second-order valence-electron chi connectivity index (χ2n) is 5.16. The SMILES string of the molecule is CCCCOCCCNC(=O)C(=O)Nc1ccc(C(C)=O)cc1. The predicted molar refractivity (Wildman–Crippen MR) is 88.4 cm³/mol. The van der Waals surface area contributed by atoms with Crippen LogP contribution in [-0.2, 0) is 14.3 Å². The zero-order chi connectivity index (χ0) is 17.1. The van der Waals surface area contributed by atoms with Crippen LogP contribution in [0.1, 0.15) is 43.5 Å². The highest BCUT2D eigenvalue weighted by atomic mass is 16.5. The third-order valence-corrected chi connectivity index (χ3v) is 3.15. The average molecular weight is 320 g/mol. The van der Waals surface area contributed by atoms with Gasteiger partial charge in [-0.05, 0) is 44.0 Å². The van der Waals surface area contributed by atoms with E-state index in [1.807, 2.05) is 0 Å². The summed E-state index contributed by atoms with van der Waals surface area (Å²) < 4.78 is 5.36. The molecule has 0 unspecified atom stereocenters. The van der Waals surface area contributed by atoms with Crippen molar-refractivity contribution < 1.29 is 19.1 Å². The van der Waals surface area contributed by atoms with Crippen molar-refractivity contribution in [1.82, 2.24) is 5.32 Å². The Kier molecular flexibility index (Phi) is 8.60. The number of ketones is 1. The molecule has 0 saturated heterocycles. The average Bonchev–Trinajstić information content (AvgIpc) is 2.54. The number of nitrogens with one attached hydrogen (secondary N) is 2. The summed E-state index contributed by atoms with van der Waals surface area (Å²) in [6.07, 6.45) is 2.78. The van der Waals surface area contributed by atoms with Gasteiger partial charge in [0, 0.05) is 31.0 Å². The molecular weight excluding hydrogens is 296 g/mol. The van der Waals surface area contributed by atoms with Crippen molar-refractivity contribution in [1.29, 1.82) is 0 Å². The van der Waals surface area contributed by atoms with E-state index in [0.29, 0.717) is 30.8 Å². The molecule has 0 bridgehead atoms. The Balaban J connectivity index is 2.26. The van der Waals surface area contributed by atoms with Gasteiger partial charge in [-0.2, -0.15) is 0 Å². The van der Waals surface area contributed by atoms with Crippen LogP contribution in [0.25, 0.3) is 0 Å². The summed E-state index contributed by atoms with van der Waals surface area (Å²) in [4.78, 5) is 34.5. The zero-order valence-corrected chi connectivity index (χ0v) is 13.7. The van der Waals surface area contributed by atoms with Crippen molar-refractivity contribution in [2.75, 3.05) is 25.1 Å². The van der Waals surface area contributed by atoms with E-state index in [2.05, 4.69) is 17.6 Å². The third kappa shape index (κ3) is 7.56. The highest BCUT2D eigenvalue weighted by Crippen LogP contribution is 2.09. The lowest BCUT2D eigenvalue weighted by atomic mass is 10.1. The van der Waals surface area contributed by atoms with Crippen LogP contribution in [0.15, 0.2) is 24.3 Å². The van der Waals surface area contributed by atoms with Gasteiger partial charge in [0.25, 0.3) is 0 Å². The minimum absolute atomic E-state index is 0.0539. The summed E-state index contributed by atoms with van der Waals surface area (Å²) in [6, 6.07) is 6.37. The number of ether oxygens (including phenoxy) is 1. The van der Waals surface area contributed by atoms with E-state index in [-0.39, 0.29) is 5.78 Å². The van der Waals surface area contributed by atoms with E-state index in [4.69, 9.17) is 4.74 Å². The Morgan fingerprint density at radius 3 is 2.26 bits per heavy atom. The Morgan fingerprint density at radius 2 is 1.65 bits per heavy atom. The van der Waals surface area contributed by atoms with Gasteiger partial charge in [0.1, 0.15) is 0 Å². The Bertz CT molecular complexity index is 526. The van der Waals surface area contributed by atoms with Crippen LogP contribution in [0, 0.1) is 0 Å². The maximum Gasteiger partial charge on any atom is 0.313 e. The van der Waals surface area contributed by atoms with Crippen LogP contribution in [0.2, 0.25) is 0 Å². The van der Waals surface area contributed by atoms with Gasteiger partial charge in [0.2, 0.25) is 0 Å². The largest absolute Gasteiger partial charge is 0.381 e. The number of hydrogen-bond acceptors (Lipinski definition) is 4. The first-order valence-electron chi connectivity index (χ1n) is 7.82. The molecule has 0 saturated carbocycles. The van der Waals surface area contributed by atoms with E-state index >= 15 is 0 Å². The highest BCUT2D eigenvalue weighted by molar-refractivity contribution is 6.39. The fraction of sp³-hybridized carbons (Fsp3) is 0.471. The number of carbonyl (C=O) groups excluding carboxylic acids is 3. The molecule has 126 valence electrons. The quantitative estimate of drug-likeness (QED) is 0.415. The fourth-order valence-electron chi connectivity index (χ4n) is 1.78. The van der Waals surface area contributed by atoms with Crippen molar-refractivity contribution in [3.8, 4) is 0 Å². The Hall–Kier alpha value is -2.21. The number of unbranched alkanes of at least 4 members (excludes halogenated alkanes) is 1. The topological polar surface area (TPSA) is 84.5 Å². The van der Waals surface area contributed by atoms with Crippen LogP contribution in [0.3, 0.4) is 0 Å². The van der Waals surface area contributed by atoms with Crippen molar-refractivity contribution in [2.45, 2.75) is 33.1 Å². The van der Waals surface area contributed by atoms with Crippen molar-refractivity contribution >= 4 is 23.3 Å². The monoisotopic (exact) mass is 320 g/mol. The van der Waals surface area contributed by atoms with E-state index in [0.717, 1.165) is 19.4 Å². The van der Waals surface area contributed by atoms with Crippen molar-refractivity contribution in [2.24, 2.45) is 0 Å². The van der Waals surface area contributed by atoms with Gasteiger partial charge in [0.05, 0.1) is 0 Å². The summed E-state index contributed by atoms with van der Waals surface area (Å²) in [7, 11) is 0. The fourth-order valence-corrected chi connectivity index (χ4v) is 1.78. The van der Waals surface area contributed by atoms with Crippen LogP contribution >= 0.6 is 0 Å². The number of Topliss-reactive ketones (excluding diaryl/α,β-unsaturated/α-hetero) is 1. The van der Waals surface area contributed by atoms with Gasteiger partial charge >= 0.3 is 11.8 Å². The second kappa shape index (κ2) is 10.5. The first-order chi connectivity index (χ1) is 11.0. The highest BCUT2D eigenvalue weighted by Gasteiger charge is 2.13. The lowest BCUT2D eigenvalue weighted by Crippen LogP contribution is -2.36. The number of rotatable bonds is 9. The number of amides is 2. The van der Waals surface area contributed by atoms with Crippen LogP contribution in [-0.4, -0.2) is 37.4 Å². The van der Waals surface area contributed by atoms with E-state index in [1.54, 1.807) is 24.3 Å². The molecule has 0 aliphatic heterocycles. The molecule has 6 heteroatoms. The lowest BCUT2D eigenvalue weighted by molar-refractivity contribution is -0.136. The maximum absolute atomic E-state index is 11.7. The second-order valence-corrected chi connectivity index (χ2v) is 5.16. The van der Waals surface area contributed by atoms with E-state index < -0.39 is 11.8 Å². The summed E-state index contributed by atoms with van der Waals surface area (Å²) >= 11 is 0. The van der Waals surface area contributed by atoms with Gasteiger partial charge in [-0.1, -0.05) is 13.3 Å². The summed E-state index contributed by atoms with van der Waals surface area (Å²) in [6.45, 7) is 5.24. The Morgan fingerprint density at radius 1 is 1.00 bits per heavy atom. The molecule has 2 amide bonds. The first-order valence-corrected chi connectivity index (χ1v) is 7.82. The summed E-state index contributed by atoms with van der Waals surface area (Å²) in [5.74, 6) is -1.47. The van der Waals surface area contributed by atoms with E-state index in [9.17, 15) is 14.4 Å². The van der Waals surface area contributed by atoms with Gasteiger partial charge < -0.3 is 15.4 Å². The van der Waals surface area contributed by atoms with Gasteiger partial charge in [-0.25, -0.2) is 0 Å². The molecule has 0 heterocycles. The molecule has 2 N–H and O–H groups in total. The normalized spacial score (nSPS) is 10.2. The molecule has 1 rings (SSSR count). The zero-order valence-electron chi connectivity index (χ0n) is 13.7. The smallest absolute Gasteiger partial charge is 0.313 e. The molecule has 1 aromatic carbocycles. The molecule has 0 spiro atoms. The van der Waals surface area contributed by atoms with Crippen LogP contribution in [0.4, 0.5) is 5.69 Å². The minimum atomic E-state index is -0.729. The van der Waals surface area contributed by atoms with Crippen LogP contribution < -0.4 is 10.6 Å². The van der Waals surface area contributed by atoms with E-state index in [1.165, 1.54) is 6.92 Å². The molecule has 0 aliphatic carbocycles. The first kappa shape index (κ1) is 18.8. The number of anilines is 1. The number of carbonyl (C=O) groups is 3. The molecule has 0 atom stereocenters. The summed E-state index contributed by atoms with van der Waals surface area (Å²) in [5.41, 5.74) is 1.02. The number of benzene rings is 1. The molecule has 0 aromatic heterocycles. The molecule has 23 heavy (non-hydrogen) atoms. The van der Waals surface area contributed by atoms with Gasteiger partial charge in [-0.3, -0.25) is 14.4 Å². The van der Waals surface area contributed by atoms with Crippen LogP contribution in [0.5, 0.6) is 0 Å². The molecule has 6 nitrogen and oxygen atoms in total.